The SMILES string of the molecule is O=C(NNC(=S)Nc1ccc(Cl)cc1)c1cccc[n+]1[O-]. The lowest BCUT2D eigenvalue weighted by molar-refractivity contribution is -0.607. The first kappa shape index (κ1) is 15.0. The van der Waals surface area contributed by atoms with Crippen LogP contribution in [0.3, 0.4) is 0 Å². The largest absolute Gasteiger partial charge is 0.618 e. The van der Waals surface area contributed by atoms with Crippen LogP contribution in [-0.4, -0.2) is 11.0 Å². The van der Waals surface area contributed by atoms with Gasteiger partial charge in [-0.2, -0.15) is 4.73 Å². The number of halogens is 1. The van der Waals surface area contributed by atoms with Crippen LogP contribution in [-0.2, 0) is 0 Å². The Kier molecular flexibility index (Phi) is 4.91. The summed E-state index contributed by atoms with van der Waals surface area (Å²) >= 11 is 10.8. The topological polar surface area (TPSA) is 80.1 Å². The lowest BCUT2D eigenvalue weighted by Crippen LogP contribution is -2.47. The Morgan fingerprint density at radius 3 is 2.52 bits per heavy atom. The van der Waals surface area contributed by atoms with Gasteiger partial charge in [0.25, 0.3) is 5.69 Å². The van der Waals surface area contributed by atoms with E-state index in [0.717, 1.165) is 0 Å². The molecule has 8 heteroatoms. The second-order valence-corrected chi connectivity index (χ2v) is 4.80. The molecule has 0 radical (unpaired) electrons. The van der Waals surface area contributed by atoms with Crippen LogP contribution in [0.25, 0.3) is 0 Å². The van der Waals surface area contributed by atoms with Gasteiger partial charge in [-0.25, -0.2) is 0 Å². The molecule has 6 nitrogen and oxygen atoms in total. The summed E-state index contributed by atoms with van der Waals surface area (Å²) in [6, 6.07) is 11.4. The van der Waals surface area contributed by atoms with E-state index < -0.39 is 5.91 Å². The van der Waals surface area contributed by atoms with Crippen LogP contribution in [0.4, 0.5) is 5.69 Å². The molecule has 0 saturated carbocycles. The normalized spacial score (nSPS) is 9.76. The zero-order valence-electron chi connectivity index (χ0n) is 10.7. The molecule has 0 spiro atoms. The molecule has 0 saturated heterocycles. The number of carbonyl (C=O) groups excluding carboxylic acids is 1. The average molecular weight is 323 g/mol. The number of nitrogens with zero attached hydrogens (tertiary/aromatic N) is 1. The molecule has 3 N–H and O–H groups in total. The highest BCUT2D eigenvalue weighted by Crippen LogP contribution is 2.12. The number of thiocarbonyl (C=S) groups is 1. The predicted molar refractivity (Wildman–Crippen MR) is 83.7 cm³/mol. The van der Waals surface area contributed by atoms with E-state index in [1.807, 2.05) is 0 Å². The van der Waals surface area contributed by atoms with Crippen molar-refractivity contribution in [2.45, 2.75) is 0 Å². The molecule has 0 aliphatic heterocycles. The van der Waals surface area contributed by atoms with Crippen LogP contribution in [0.2, 0.25) is 5.02 Å². The van der Waals surface area contributed by atoms with Gasteiger partial charge in [0, 0.05) is 22.8 Å². The standard InChI is InChI=1S/C13H11ClN4O2S/c14-9-4-6-10(7-5-9)15-13(21)17-16-12(19)11-3-1-2-8-18(11)20/h1-8H,(H,16,19)(H2,15,17,21). The number of nitrogens with one attached hydrogen (secondary N) is 3. The minimum absolute atomic E-state index is 0.0423. The number of amides is 1. The molecule has 1 heterocycles. The molecule has 0 unspecified atom stereocenters. The fourth-order valence-corrected chi connectivity index (χ4v) is 1.77. The summed E-state index contributed by atoms with van der Waals surface area (Å²) in [6.07, 6.45) is 1.24. The average Bonchev–Trinajstić information content (AvgIpc) is 2.48. The van der Waals surface area contributed by atoms with Crippen molar-refractivity contribution in [2.24, 2.45) is 0 Å². The zero-order chi connectivity index (χ0) is 15.2. The fraction of sp³-hybridized carbons (Fsp3) is 0. The molecular weight excluding hydrogens is 312 g/mol. The van der Waals surface area contributed by atoms with Gasteiger partial charge in [0.2, 0.25) is 0 Å². The van der Waals surface area contributed by atoms with Crippen molar-refractivity contribution in [3.8, 4) is 0 Å². The van der Waals surface area contributed by atoms with Crippen molar-refractivity contribution in [2.75, 3.05) is 5.32 Å². The predicted octanol–water partition coefficient (Wildman–Crippen LogP) is 1.60. The molecule has 2 aromatic rings. The van der Waals surface area contributed by atoms with Crippen molar-refractivity contribution >= 4 is 40.5 Å². The third kappa shape index (κ3) is 4.30. The van der Waals surface area contributed by atoms with Crippen molar-refractivity contribution < 1.29 is 9.52 Å². The van der Waals surface area contributed by atoms with E-state index >= 15 is 0 Å². The van der Waals surface area contributed by atoms with E-state index in [-0.39, 0.29) is 10.8 Å². The van der Waals surface area contributed by atoms with E-state index in [0.29, 0.717) is 15.4 Å². The second kappa shape index (κ2) is 6.87. The quantitative estimate of drug-likeness (QED) is 0.339. The number of anilines is 1. The van der Waals surface area contributed by atoms with Crippen LogP contribution < -0.4 is 20.9 Å². The van der Waals surface area contributed by atoms with Crippen LogP contribution in [0, 0.1) is 5.21 Å². The van der Waals surface area contributed by atoms with Gasteiger partial charge in [0.15, 0.2) is 11.3 Å². The number of pyridine rings is 1. The number of carbonyl (C=O) groups is 1. The first-order chi connectivity index (χ1) is 10.1. The number of hydrogen-bond acceptors (Lipinski definition) is 3. The number of rotatable bonds is 2. The minimum atomic E-state index is -0.592. The second-order valence-electron chi connectivity index (χ2n) is 3.95. The van der Waals surface area contributed by atoms with Crippen molar-refractivity contribution in [1.29, 1.82) is 0 Å². The first-order valence-corrected chi connectivity index (χ1v) is 6.66. The number of hydrazine groups is 1. The molecule has 108 valence electrons. The van der Waals surface area contributed by atoms with Gasteiger partial charge >= 0.3 is 5.91 Å². The molecule has 0 atom stereocenters. The zero-order valence-corrected chi connectivity index (χ0v) is 12.2. The molecule has 2 rings (SSSR count). The van der Waals surface area contributed by atoms with E-state index in [1.165, 1.54) is 18.3 Å². The Morgan fingerprint density at radius 1 is 1.14 bits per heavy atom. The molecule has 1 amide bonds. The van der Waals surface area contributed by atoms with Gasteiger partial charge in [-0.05, 0) is 42.5 Å². The van der Waals surface area contributed by atoms with Gasteiger partial charge in [-0.1, -0.05) is 11.6 Å². The highest BCUT2D eigenvalue weighted by Gasteiger charge is 2.14. The summed E-state index contributed by atoms with van der Waals surface area (Å²) in [5, 5.41) is 15.0. The molecule has 1 aromatic heterocycles. The van der Waals surface area contributed by atoms with Gasteiger partial charge in [0.1, 0.15) is 0 Å². The van der Waals surface area contributed by atoms with Crippen LogP contribution in [0.1, 0.15) is 10.5 Å². The Bertz CT molecular complexity index is 663. The Hall–Kier alpha value is -2.38. The maximum absolute atomic E-state index is 11.8. The summed E-state index contributed by atoms with van der Waals surface area (Å²) in [5.74, 6) is -0.592. The van der Waals surface area contributed by atoms with E-state index in [4.69, 9.17) is 23.8 Å². The van der Waals surface area contributed by atoms with Crippen LogP contribution >= 0.6 is 23.8 Å². The highest BCUT2D eigenvalue weighted by atomic mass is 35.5. The molecule has 1 aromatic carbocycles. The summed E-state index contributed by atoms with van der Waals surface area (Å²) in [7, 11) is 0. The number of aromatic nitrogens is 1. The maximum atomic E-state index is 11.8. The van der Waals surface area contributed by atoms with Crippen LogP contribution in [0.15, 0.2) is 48.7 Å². The summed E-state index contributed by atoms with van der Waals surface area (Å²) < 4.78 is 0.465. The summed E-state index contributed by atoms with van der Waals surface area (Å²) in [5.41, 5.74) is 5.51. The minimum Gasteiger partial charge on any atom is -0.618 e. The molecule has 0 aliphatic rings. The third-order valence-corrected chi connectivity index (χ3v) is 2.90. The smallest absolute Gasteiger partial charge is 0.335 e. The van der Waals surface area contributed by atoms with Crippen molar-refractivity contribution in [3.05, 3.63) is 64.6 Å². The molecule has 0 fully saturated rings. The first-order valence-electron chi connectivity index (χ1n) is 5.87. The van der Waals surface area contributed by atoms with Gasteiger partial charge in [0.05, 0.1) is 0 Å². The summed E-state index contributed by atoms with van der Waals surface area (Å²) in [6.45, 7) is 0. The highest BCUT2D eigenvalue weighted by molar-refractivity contribution is 7.80. The van der Waals surface area contributed by atoms with Crippen LogP contribution in [0.5, 0.6) is 0 Å². The molecule has 0 aliphatic carbocycles. The Balaban J connectivity index is 1.88. The van der Waals surface area contributed by atoms with Gasteiger partial charge in [-0.3, -0.25) is 15.6 Å². The maximum Gasteiger partial charge on any atom is 0.335 e. The Morgan fingerprint density at radius 2 is 1.86 bits per heavy atom. The Labute approximate surface area is 131 Å². The van der Waals surface area contributed by atoms with E-state index in [9.17, 15) is 10.0 Å². The van der Waals surface area contributed by atoms with E-state index in [1.54, 1.807) is 30.3 Å². The van der Waals surface area contributed by atoms with E-state index in [2.05, 4.69) is 16.2 Å². The molecule has 0 bridgehead atoms. The molecular formula is C13H11ClN4O2S. The summed E-state index contributed by atoms with van der Waals surface area (Å²) in [4.78, 5) is 11.8. The van der Waals surface area contributed by atoms with Crippen molar-refractivity contribution in [3.63, 3.8) is 0 Å². The monoisotopic (exact) mass is 322 g/mol. The third-order valence-electron chi connectivity index (χ3n) is 2.45. The number of benzene rings is 1. The van der Waals surface area contributed by atoms with Gasteiger partial charge in [-0.15, -0.1) is 0 Å². The lowest BCUT2D eigenvalue weighted by Gasteiger charge is -2.11. The fourth-order valence-electron chi connectivity index (χ4n) is 1.48. The molecule has 21 heavy (non-hydrogen) atoms. The van der Waals surface area contributed by atoms with Crippen molar-refractivity contribution in [1.82, 2.24) is 10.9 Å². The van der Waals surface area contributed by atoms with Gasteiger partial charge < -0.3 is 10.5 Å². The lowest BCUT2D eigenvalue weighted by atomic mass is 10.3. The number of hydrogen-bond donors (Lipinski definition) is 3.